The topological polar surface area (TPSA) is 61.6 Å². The van der Waals surface area contributed by atoms with Crippen LogP contribution >= 0.6 is 0 Å². The van der Waals surface area contributed by atoms with E-state index in [-0.39, 0.29) is 12.6 Å². The van der Waals surface area contributed by atoms with Crippen LogP contribution in [0.4, 0.5) is 0 Å². The van der Waals surface area contributed by atoms with E-state index < -0.39 is 6.04 Å². The first-order valence-electron chi connectivity index (χ1n) is 5.22. The Labute approximate surface area is 95.3 Å². The molecule has 0 saturated carbocycles. The van der Waals surface area contributed by atoms with Crippen molar-refractivity contribution in [3.05, 3.63) is 29.8 Å². The van der Waals surface area contributed by atoms with Gasteiger partial charge in [-0.2, -0.15) is 0 Å². The number of nitrogens with two attached hydrogens (primary N) is 1. The summed E-state index contributed by atoms with van der Waals surface area (Å²) in [5.74, 6) is 0.374. The van der Waals surface area contributed by atoms with Crippen LogP contribution in [0.3, 0.4) is 0 Å². The third-order valence-corrected chi connectivity index (χ3v) is 2.26. The van der Waals surface area contributed by atoms with E-state index in [1.807, 2.05) is 31.2 Å². The van der Waals surface area contributed by atoms with Gasteiger partial charge < -0.3 is 15.2 Å². The van der Waals surface area contributed by atoms with E-state index in [1.54, 1.807) is 7.11 Å². The van der Waals surface area contributed by atoms with Crippen molar-refractivity contribution in [1.29, 1.82) is 0 Å². The predicted molar refractivity (Wildman–Crippen MR) is 61.1 cm³/mol. The van der Waals surface area contributed by atoms with Crippen LogP contribution in [0.25, 0.3) is 0 Å². The minimum absolute atomic E-state index is 0.226. The van der Waals surface area contributed by atoms with Gasteiger partial charge in [-0.3, -0.25) is 4.79 Å². The second-order valence-electron chi connectivity index (χ2n) is 3.47. The molecule has 0 spiro atoms. The summed E-state index contributed by atoms with van der Waals surface area (Å²) >= 11 is 0. The third kappa shape index (κ3) is 3.55. The minimum atomic E-state index is -0.536. The minimum Gasteiger partial charge on any atom is -0.497 e. The van der Waals surface area contributed by atoms with Gasteiger partial charge in [-0.1, -0.05) is 19.1 Å². The van der Waals surface area contributed by atoms with Crippen LogP contribution in [-0.4, -0.2) is 19.1 Å². The van der Waals surface area contributed by atoms with Crippen LogP contribution in [0.2, 0.25) is 0 Å². The Morgan fingerprint density at radius 3 is 2.88 bits per heavy atom. The van der Waals surface area contributed by atoms with Gasteiger partial charge in [-0.25, -0.2) is 0 Å². The van der Waals surface area contributed by atoms with E-state index in [4.69, 9.17) is 15.2 Å². The fourth-order valence-electron chi connectivity index (χ4n) is 1.19. The average molecular weight is 223 g/mol. The van der Waals surface area contributed by atoms with Crippen molar-refractivity contribution in [2.75, 3.05) is 7.11 Å². The van der Waals surface area contributed by atoms with E-state index in [9.17, 15) is 4.79 Å². The Bertz CT molecular complexity index is 352. The lowest BCUT2D eigenvalue weighted by Crippen LogP contribution is -2.31. The highest BCUT2D eigenvalue weighted by Gasteiger charge is 2.12. The van der Waals surface area contributed by atoms with Gasteiger partial charge in [0.1, 0.15) is 18.4 Å². The molecule has 0 unspecified atom stereocenters. The summed E-state index contributed by atoms with van der Waals surface area (Å²) in [4.78, 5) is 11.3. The molecule has 4 nitrogen and oxygen atoms in total. The monoisotopic (exact) mass is 223 g/mol. The van der Waals surface area contributed by atoms with Crippen molar-refractivity contribution in [2.24, 2.45) is 5.73 Å². The number of esters is 1. The Morgan fingerprint density at radius 2 is 2.25 bits per heavy atom. The summed E-state index contributed by atoms with van der Waals surface area (Å²) < 4.78 is 10.1. The van der Waals surface area contributed by atoms with E-state index >= 15 is 0 Å². The number of carbonyl (C=O) groups is 1. The summed E-state index contributed by atoms with van der Waals surface area (Å²) in [5.41, 5.74) is 6.42. The van der Waals surface area contributed by atoms with Crippen LogP contribution in [0.1, 0.15) is 18.9 Å². The highest BCUT2D eigenvalue weighted by Crippen LogP contribution is 2.13. The average Bonchev–Trinajstić information content (AvgIpc) is 2.35. The number of carbonyl (C=O) groups excluding carboxylic acids is 1. The first kappa shape index (κ1) is 12.5. The smallest absolute Gasteiger partial charge is 0.323 e. The summed E-state index contributed by atoms with van der Waals surface area (Å²) in [5, 5.41) is 0. The summed E-state index contributed by atoms with van der Waals surface area (Å²) in [6.45, 7) is 2.07. The maximum Gasteiger partial charge on any atom is 0.323 e. The first-order valence-corrected chi connectivity index (χ1v) is 5.22. The lowest BCUT2D eigenvalue weighted by Gasteiger charge is -2.09. The van der Waals surface area contributed by atoms with Crippen LogP contribution in [-0.2, 0) is 16.1 Å². The zero-order valence-electron chi connectivity index (χ0n) is 9.60. The van der Waals surface area contributed by atoms with Crippen molar-refractivity contribution in [2.45, 2.75) is 26.0 Å². The van der Waals surface area contributed by atoms with Crippen molar-refractivity contribution in [3.63, 3.8) is 0 Å². The normalized spacial score (nSPS) is 11.9. The Kier molecular flexibility index (Phi) is 4.79. The molecule has 0 heterocycles. The predicted octanol–water partition coefficient (Wildman–Crippen LogP) is 1.48. The molecule has 2 N–H and O–H groups in total. The van der Waals surface area contributed by atoms with Gasteiger partial charge in [0, 0.05) is 0 Å². The molecule has 0 bridgehead atoms. The van der Waals surface area contributed by atoms with Crippen molar-refractivity contribution in [1.82, 2.24) is 0 Å². The quantitative estimate of drug-likeness (QED) is 0.768. The lowest BCUT2D eigenvalue weighted by molar-refractivity contribution is -0.146. The molecule has 0 aliphatic heterocycles. The number of rotatable bonds is 5. The van der Waals surface area contributed by atoms with Crippen LogP contribution in [0, 0.1) is 0 Å². The highest BCUT2D eigenvalue weighted by molar-refractivity contribution is 5.75. The summed E-state index contributed by atoms with van der Waals surface area (Å²) in [7, 11) is 1.60. The molecule has 0 radical (unpaired) electrons. The molecule has 88 valence electrons. The summed E-state index contributed by atoms with van der Waals surface area (Å²) in [6, 6.07) is 6.84. The second-order valence-corrected chi connectivity index (χ2v) is 3.47. The SMILES string of the molecule is CC[C@H](N)C(=O)OCc1cccc(OC)c1. The number of benzene rings is 1. The van der Waals surface area contributed by atoms with E-state index in [1.165, 1.54) is 0 Å². The standard InChI is InChI=1S/C12H17NO3/c1-3-11(13)12(14)16-8-9-5-4-6-10(7-9)15-2/h4-7,11H,3,8,13H2,1-2H3/t11-/m0/s1. The van der Waals surface area contributed by atoms with Crippen molar-refractivity contribution < 1.29 is 14.3 Å². The Hall–Kier alpha value is -1.55. The molecule has 1 aromatic rings. The zero-order chi connectivity index (χ0) is 12.0. The van der Waals surface area contributed by atoms with Gasteiger partial charge in [-0.15, -0.1) is 0 Å². The molecule has 4 heteroatoms. The van der Waals surface area contributed by atoms with Gasteiger partial charge in [-0.05, 0) is 24.1 Å². The van der Waals surface area contributed by atoms with Gasteiger partial charge in [0.2, 0.25) is 0 Å². The maximum atomic E-state index is 11.3. The molecular formula is C12H17NO3. The largest absolute Gasteiger partial charge is 0.497 e. The van der Waals surface area contributed by atoms with E-state index in [0.29, 0.717) is 6.42 Å². The molecule has 0 saturated heterocycles. The van der Waals surface area contributed by atoms with Gasteiger partial charge in [0.25, 0.3) is 0 Å². The van der Waals surface area contributed by atoms with Gasteiger partial charge >= 0.3 is 5.97 Å². The fraction of sp³-hybridized carbons (Fsp3) is 0.417. The molecule has 0 aliphatic carbocycles. The molecule has 1 rings (SSSR count). The van der Waals surface area contributed by atoms with Crippen molar-refractivity contribution >= 4 is 5.97 Å². The van der Waals surface area contributed by atoms with Crippen molar-refractivity contribution in [3.8, 4) is 5.75 Å². The third-order valence-electron chi connectivity index (χ3n) is 2.26. The number of hydrogen-bond acceptors (Lipinski definition) is 4. The molecule has 1 atom stereocenters. The molecule has 1 aromatic carbocycles. The highest BCUT2D eigenvalue weighted by atomic mass is 16.5. The molecule has 16 heavy (non-hydrogen) atoms. The zero-order valence-corrected chi connectivity index (χ0v) is 9.60. The number of ether oxygens (including phenoxy) is 2. The Morgan fingerprint density at radius 1 is 1.50 bits per heavy atom. The maximum absolute atomic E-state index is 11.3. The van der Waals surface area contributed by atoms with E-state index in [2.05, 4.69) is 0 Å². The first-order chi connectivity index (χ1) is 7.67. The molecule has 0 amide bonds. The van der Waals surface area contributed by atoms with Crippen LogP contribution < -0.4 is 10.5 Å². The fourth-order valence-corrected chi connectivity index (χ4v) is 1.19. The molecule has 0 fully saturated rings. The summed E-state index contributed by atoms with van der Waals surface area (Å²) in [6.07, 6.45) is 0.580. The molecule has 0 aliphatic rings. The van der Waals surface area contributed by atoms with E-state index in [0.717, 1.165) is 11.3 Å². The van der Waals surface area contributed by atoms with Gasteiger partial charge in [0.05, 0.1) is 7.11 Å². The van der Waals surface area contributed by atoms with Crippen LogP contribution in [0.15, 0.2) is 24.3 Å². The van der Waals surface area contributed by atoms with Crippen LogP contribution in [0.5, 0.6) is 5.75 Å². The second kappa shape index (κ2) is 6.12. The van der Waals surface area contributed by atoms with Gasteiger partial charge in [0.15, 0.2) is 0 Å². The number of hydrogen-bond donors (Lipinski definition) is 1. The lowest BCUT2D eigenvalue weighted by atomic mass is 10.2. The Balaban J connectivity index is 2.51. The molecular weight excluding hydrogens is 206 g/mol. The number of methoxy groups -OCH3 is 1. The molecule has 0 aromatic heterocycles.